The number of hydrogen-bond acceptors (Lipinski definition) is 4. The second-order valence-corrected chi connectivity index (χ2v) is 3.98. The Balaban J connectivity index is 3.45. The van der Waals surface area contributed by atoms with Crippen LogP contribution in [0.15, 0.2) is 16.6 Å². The Hall–Kier alpha value is -0.950. The third-order valence-corrected chi connectivity index (χ3v) is 2.62. The maximum absolute atomic E-state index is 13.4. The van der Waals surface area contributed by atoms with E-state index in [4.69, 9.17) is 17.0 Å². The Labute approximate surface area is 110 Å². The van der Waals surface area contributed by atoms with Crippen LogP contribution in [0.3, 0.4) is 0 Å². The van der Waals surface area contributed by atoms with Crippen molar-refractivity contribution in [3.8, 4) is 0 Å². The normalized spacial score (nSPS) is 13.5. The summed E-state index contributed by atoms with van der Waals surface area (Å²) in [7, 11) is 1.23. The fourth-order valence-corrected chi connectivity index (χ4v) is 1.62. The van der Waals surface area contributed by atoms with Gasteiger partial charge in [-0.3, -0.25) is 4.89 Å². The fraction of sp³-hybridized carbons (Fsp3) is 0.100. The lowest BCUT2D eigenvalue weighted by Gasteiger charge is -2.00. The topological polar surface area (TPSA) is 51.5 Å². The van der Waals surface area contributed by atoms with Gasteiger partial charge < -0.3 is 5.41 Å². The van der Waals surface area contributed by atoms with Gasteiger partial charge in [0.05, 0.1) is 11.6 Å². The molecule has 1 aromatic rings. The molecule has 92 valence electrons. The van der Waals surface area contributed by atoms with Crippen LogP contribution in [0.5, 0.6) is 0 Å². The van der Waals surface area contributed by atoms with Gasteiger partial charge in [0, 0.05) is 11.4 Å². The van der Waals surface area contributed by atoms with E-state index in [-0.39, 0.29) is 14.9 Å². The minimum absolute atomic E-state index is 0.202. The van der Waals surface area contributed by atoms with Gasteiger partial charge in [0.25, 0.3) is 0 Å². The second kappa shape index (κ2) is 6.70. The maximum atomic E-state index is 13.4. The van der Waals surface area contributed by atoms with Gasteiger partial charge in [-0.05, 0) is 56.0 Å². The second-order valence-electron chi connectivity index (χ2n) is 2.78. The van der Waals surface area contributed by atoms with Crippen LogP contribution < -0.4 is 10.4 Å². The zero-order valence-corrected chi connectivity index (χ0v) is 11.0. The summed E-state index contributed by atoms with van der Waals surface area (Å²) in [6, 6.07) is 2.62. The Kier molecular flexibility index (Phi) is 5.57. The molecular formula is C10H8BrClFNO3. The van der Waals surface area contributed by atoms with E-state index < -0.39 is 5.82 Å². The van der Waals surface area contributed by atoms with Crippen LogP contribution in [0, 0.1) is 11.2 Å². The van der Waals surface area contributed by atoms with Gasteiger partial charge in [-0.15, -0.1) is 0 Å². The van der Waals surface area contributed by atoms with E-state index in [9.17, 15) is 4.39 Å². The highest BCUT2D eigenvalue weighted by molar-refractivity contribution is 9.10. The minimum atomic E-state index is -0.513. The molecular weight excluding hydrogens is 316 g/mol. The summed E-state index contributed by atoms with van der Waals surface area (Å²) in [4.78, 5) is 8.74. The molecule has 4 nitrogen and oxygen atoms in total. The molecule has 1 N–H and O–H groups in total. The first-order chi connectivity index (χ1) is 8.10. The average Bonchev–Trinajstić information content (AvgIpc) is 2.30. The lowest BCUT2D eigenvalue weighted by atomic mass is 10.2. The van der Waals surface area contributed by atoms with Crippen molar-refractivity contribution in [2.45, 2.75) is 0 Å². The van der Waals surface area contributed by atoms with E-state index in [2.05, 4.69) is 30.7 Å². The van der Waals surface area contributed by atoms with Gasteiger partial charge in [0.15, 0.2) is 0 Å². The molecule has 0 aromatic heterocycles. The summed E-state index contributed by atoms with van der Waals surface area (Å²) in [6.45, 7) is 0. The molecule has 0 aliphatic rings. The molecule has 1 aromatic carbocycles. The average molecular weight is 325 g/mol. The van der Waals surface area contributed by atoms with E-state index >= 15 is 0 Å². The molecule has 0 unspecified atom stereocenters. The van der Waals surface area contributed by atoms with E-state index in [0.717, 1.165) is 12.3 Å². The van der Waals surface area contributed by atoms with Gasteiger partial charge in [-0.25, -0.2) is 4.39 Å². The molecule has 0 spiro atoms. The van der Waals surface area contributed by atoms with Crippen molar-refractivity contribution in [1.82, 2.24) is 0 Å². The Bertz CT molecular complexity index is 535. The zero-order valence-electron chi connectivity index (χ0n) is 8.67. The lowest BCUT2D eigenvalue weighted by Crippen LogP contribution is -2.27. The molecule has 0 saturated carbocycles. The van der Waals surface area contributed by atoms with Crippen molar-refractivity contribution in [3.05, 3.63) is 32.9 Å². The zero-order chi connectivity index (χ0) is 12.8. The molecule has 0 heterocycles. The van der Waals surface area contributed by atoms with Crippen LogP contribution in [0.1, 0.15) is 0 Å². The van der Waals surface area contributed by atoms with Crippen molar-refractivity contribution >= 4 is 45.0 Å². The first kappa shape index (κ1) is 14.1. The first-order valence-electron chi connectivity index (χ1n) is 4.33. The summed E-state index contributed by atoms with van der Waals surface area (Å²) in [6.07, 6.45) is 2.47. The summed E-state index contributed by atoms with van der Waals surface area (Å²) in [5.41, 5.74) is 0. The Morgan fingerprint density at radius 1 is 1.53 bits per heavy atom. The smallest absolute Gasteiger partial charge is 0.243 e. The molecule has 0 radical (unpaired) electrons. The summed E-state index contributed by atoms with van der Waals surface area (Å²) in [5.74, 6) is -0.513. The molecule has 0 saturated heterocycles. The molecule has 0 amide bonds. The van der Waals surface area contributed by atoms with Gasteiger partial charge >= 0.3 is 0 Å². The molecule has 17 heavy (non-hydrogen) atoms. The molecule has 0 aliphatic heterocycles. The molecule has 0 atom stereocenters. The molecule has 0 aliphatic carbocycles. The first-order valence-corrected chi connectivity index (χ1v) is 5.50. The maximum Gasteiger partial charge on any atom is 0.243 e. The van der Waals surface area contributed by atoms with E-state index in [1.165, 1.54) is 19.3 Å². The molecule has 0 bridgehead atoms. The molecule has 7 heteroatoms. The SMILES string of the molecule is COOO/C(Cl)=c1/cc(F)c(Br)c/c1=C/C=N. The van der Waals surface area contributed by atoms with E-state index in [1.54, 1.807) is 0 Å². The fourth-order valence-electron chi connectivity index (χ4n) is 1.07. The predicted octanol–water partition coefficient (Wildman–Crippen LogP) is 1.83. The number of nitrogens with one attached hydrogen (secondary N) is 1. The minimum Gasteiger partial charge on any atom is -0.309 e. The van der Waals surface area contributed by atoms with Crippen molar-refractivity contribution in [1.29, 1.82) is 5.41 Å². The summed E-state index contributed by atoms with van der Waals surface area (Å²) in [5, 5.41) is 11.7. The number of hydrogen-bond donors (Lipinski definition) is 1. The number of rotatable bonds is 4. The van der Waals surface area contributed by atoms with Crippen molar-refractivity contribution < 1.29 is 19.2 Å². The number of halogens is 3. The standard InChI is InChI=1S/C10H8BrClFNO3/c1-15-17-16-10(12)7-5-9(13)8(11)4-6(7)2-3-14/h2-5,14H,1H3/b6-2-,10-7-,14-3?. The van der Waals surface area contributed by atoms with Crippen LogP contribution in [0.25, 0.3) is 11.3 Å². The van der Waals surface area contributed by atoms with Gasteiger partial charge in [-0.1, -0.05) is 0 Å². The molecule has 0 fully saturated rings. The largest absolute Gasteiger partial charge is 0.309 e. The highest BCUT2D eigenvalue weighted by atomic mass is 79.9. The lowest BCUT2D eigenvalue weighted by molar-refractivity contribution is -0.469. The van der Waals surface area contributed by atoms with Gasteiger partial charge in [0.2, 0.25) is 5.22 Å². The Morgan fingerprint density at radius 2 is 2.24 bits per heavy atom. The summed E-state index contributed by atoms with van der Waals surface area (Å²) < 4.78 is 13.6. The predicted molar refractivity (Wildman–Crippen MR) is 65.0 cm³/mol. The van der Waals surface area contributed by atoms with Gasteiger partial charge in [-0.2, -0.15) is 4.89 Å². The summed E-state index contributed by atoms with van der Waals surface area (Å²) >= 11 is 8.80. The van der Waals surface area contributed by atoms with Crippen molar-refractivity contribution in [2.75, 3.05) is 7.11 Å². The van der Waals surface area contributed by atoms with Crippen LogP contribution in [0.4, 0.5) is 4.39 Å². The van der Waals surface area contributed by atoms with Crippen molar-refractivity contribution in [2.24, 2.45) is 0 Å². The van der Waals surface area contributed by atoms with Crippen LogP contribution in [0.2, 0.25) is 0 Å². The highest BCUT2D eigenvalue weighted by Crippen LogP contribution is 2.10. The number of benzene rings is 1. The highest BCUT2D eigenvalue weighted by Gasteiger charge is 2.04. The Morgan fingerprint density at radius 3 is 2.82 bits per heavy atom. The third kappa shape index (κ3) is 3.78. The van der Waals surface area contributed by atoms with Crippen LogP contribution in [-0.4, -0.2) is 13.3 Å². The van der Waals surface area contributed by atoms with E-state index in [1.807, 2.05) is 0 Å². The van der Waals surface area contributed by atoms with Crippen molar-refractivity contribution in [3.63, 3.8) is 0 Å². The van der Waals surface area contributed by atoms with Crippen LogP contribution in [-0.2, 0) is 14.8 Å². The van der Waals surface area contributed by atoms with Gasteiger partial charge in [0.1, 0.15) is 5.82 Å². The quantitative estimate of drug-likeness (QED) is 0.522. The molecule has 1 rings (SSSR count). The van der Waals surface area contributed by atoms with Crippen LogP contribution >= 0.6 is 27.5 Å². The van der Waals surface area contributed by atoms with E-state index in [0.29, 0.717) is 5.22 Å². The third-order valence-electron chi connectivity index (χ3n) is 1.74. The monoisotopic (exact) mass is 323 g/mol.